The number of hydrogen-bond acceptors (Lipinski definition) is 0. The zero-order chi connectivity index (χ0) is 32.0. The van der Waals surface area contributed by atoms with Crippen molar-refractivity contribution in [3.63, 3.8) is 0 Å². The summed E-state index contributed by atoms with van der Waals surface area (Å²) in [6, 6.07) is 56.6. The van der Waals surface area contributed by atoms with Gasteiger partial charge in [-0.1, -0.05) is 152 Å². The smallest absolute Gasteiger partial charge is 0.0253 e. The van der Waals surface area contributed by atoms with Crippen molar-refractivity contribution in [1.82, 2.24) is 0 Å². The third kappa shape index (κ3) is 8.55. The van der Waals surface area contributed by atoms with E-state index in [0.29, 0.717) is 0 Å². The van der Waals surface area contributed by atoms with Crippen molar-refractivity contribution in [3.8, 4) is 33.4 Å². The summed E-state index contributed by atoms with van der Waals surface area (Å²) in [5, 5.41) is 7.95. The first-order chi connectivity index (χ1) is 22.4. The van der Waals surface area contributed by atoms with Crippen LogP contribution in [0.3, 0.4) is 0 Å². The van der Waals surface area contributed by atoms with Crippen LogP contribution in [0.5, 0.6) is 0 Å². The van der Waals surface area contributed by atoms with Crippen LogP contribution in [0.25, 0.3) is 65.7 Å². The van der Waals surface area contributed by atoms with E-state index >= 15 is 0 Å². The van der Waals surface area contributed by atoms with Gasteiger partial charge < -0.3 is 24.8 Å². The van der Waals surface area contributed by atoms with E-state index < -0.39 is 0 Å². The van der Waals surface area contributed by atoms with Gasteiger partial charge in [0.2, 0.25) is 0 Å². The van der Waals surface area contributed by atoms with Gasteiger partial charge in [-0.25, -0.2) is 0 Å². The Labute approximate surface area is 312 Å². The summed E-state index contributed by atoms with van der Waals surface area (Å²) in [5.41, 5.74) is 10.7. The number of rotatable bonds is 3. The number of benzene rings is 6. The Morgan fingerprint density at radius 3 is 1.71 bits per heavy atom. The average molecular weight is 757 g/mol. The van der Waals surface area contributed by atoms with Crippen LogP contribution in [-0.2, 0) is 23.3 Å². The molecule has 4 heteroatoms. The topological polar surface area (TPSA) is 0 Å². The Bertz CT molecular complexity index is 2250. The maximum atomic E-state index is 2.33. The van der Waals surface area contributed by atoms with Gasteiger partial charge in [-0.3, -0.25) is 0 Å². The third-order valence-electron chi connectivity index (χ3n) is 8.27. The van der Waals surface area contributed by atoms with E-state index in [1.165, 1.54) is 76.8 Å². The molecule has 0 aliphatic carbocycles. The summed E-state index contributed by atoms with van der Waals surface area (Å²) in [4.78, 5) is 0. The second-order valence-corrected chi connectivity index (χ2v) is 21.5. The van der Waals surface area contributed by atoms with Crippen molar-refractivity contribution in [1.29, 1.82) is 0 Å². The molecule has 0 spiro atoms. The summed E-state index contributed by atoms with van der Waals surface area (Å²) < 4.78 is 0. The van der Waals surface area contributed by atoms with Gasteiger partial charge in [-0.15, -0.1) is 68.6 Å². The fourth-order valence-electron chi connectivity index (χ4n) is 6.20. The van der Waals surface area contributed by atoms with Crippen LogP contribution < -0.4 is 24.8 Å². The van der Waals surface area contributed by atoms with Crippen LogP contribution in [0.4, 0.5) is 0 Å². The van der Waals surface area contributed by atoms with E-state index in [-0.39, 0.29) is 30.2 Å². The predicted octanol–water partition coefficient (Wildman–Crippen LogP) is 6.68. The van der Waals surface area contributed by atoms with Gasteiger partial charge in [0.05, 0.1) is 0 Å². The number of fused-ring (bicyclic) bond motifs is 3. The fourth-order valence-corrected chi connectivity index (χ4v) is 6.20. The van der Waals surface area contributed by atoms with Crippen molar-refractivity contribution >= 4 is 37.8 Å². The minimum Gasteiger partial charge on any atom is -1.00 e. The van der Waals surface area contributed by atoms with Gasteiger partial charge in [0.15, 0.2) is 0 Å². The first-order valence-electron chi connectivity index (χ1n) is 15.9. The van der Waals surface area contributed by atoms with Crippen molar-refractivity contribution < 1.29 is 48.1 Å². The zero-order valence-corrected chi connectivity index (χ0v) is 32.7. The molecule has 0 atom stereocenters. The summed E-state index contributed by atoms with van der Waals surface area (Å²) in [7, 11) is 0. The molecule has 0 saturated carbocycles. The molecule has 0 aliphatic heterocycles. The molecule has 238 valence electrons. The van der Waals surface area contributed by atoms with Crippen molar-refractivity contribution in [2.45, 2.75) is 26.9 Å². The van der Waals surface area contributed by atoms with Crippen LogP contribution in [0.2, 0.25) is 13.1 Å². The van der Waals surface area contributed by atoms with Gasteiger partial charge in [0, 0.05) is 0 Å². The summed E-state index contributed by atoms with van der Waals surface area (Å²) in [6.07, 6.45) is 0. The van der Waals surface area contributed by atoms with Gasteiger partial charge >= 0.3 is 41.9 Å². The molecule has 0 N–H and O–H groups in total. The molecular formula is C44H38Cl2SiZr-2. The van der Waals surface area contributed by atoms with E-state index in [1.54, 1.807) is 23.3 Å². The molecule has 8 rings (SSSR count). The Morgan fingerprint density at radius 1 is 0.500 bits per heavy atom. The molecule has 0 aliphatic rings. The quantitative estimate of drug-likeness (QED) is 0.140. The Balaban J connectivity index is 0.000000198. The van der Waals surface area contributed by atoms with Crippen LogP contribution in [0.1, 0.15) is 11.1 Å². The van der Waals surface area contributed by atoms with Gasteiger partial charge in [0.1, 0.15) is 0 Å². The number of halogens is 2. The van der Waals surface area contributed by atoms with Crippen LogP contribution >= 0.6 is 0 Å². The summed E-state index contributed by atoms with van der Waals surface area (Å²) >= 11 is 1.74. The first kappa shape index (κ1) is 37.3. The molecule has 0 nitrogen and oxygen atoms in total. The van der Waals surface area contributed by atoms with Gasteiger partial charge in [-0.2, -0.15) is 6.07 Å². The molecule has 0 unspecified atom stereocenters. The number of aryl methyl sites for hydroxylation is 2. The third-order valence-corrected chi connectivity index (χ3v) is 8.27. The molecule has 8 aromatic rings. The van der Waals surface area contributed by atoms with Crippen LogP contribution in [0.15, 0.2) is 158 Å². The Kier molecular flexibility index (Phi) is 13.4. The fraction of sp³-hybridized carbons (Fsp3) is 0.0909. The monoisotopic (exact) mass is 754 g/mol. The maximum Gasteiger partial charge on any atom is -0.0253 e. The molecule has 8 aromatic carbocycles. The molecule has 48 heavy (non-hydrogen) atoms. The van der Waals surface area contributed by atoms with Crippen molar-refractivity contribution in [2.24, 2.45) is 0 Å². The minimum absolute atomic E-state index is 0. The van der Waals surface area contributed by atoms with Crippen LogP contribution in [-0.4, -0.2) is 5.43 Å². The zero-order valence-electron chi connectivity index (χ0n) is 27.8. The molecule has 0 amide bonds. The summed E-state index contributed by atoms with van der Waals surface area (Å²) in [5.74, 6) is 0. The molecule has 0 heterocycles. The molecule has 0 radical (unpaired) electrons. The Morgan fingerprint density at radius 2 is 1.04 bits per heavy atom. The van der Waals surface area contributed by atoms with E-state index in [2.05, 4.69) is 185 Å². The van der Waals surface area contributed by atoms with E-state index in [0.717, 1.165) is 0 Å². The van der Waals surface area contributed by atoms with Gasteiger partial charge in [0.25, 0.3) is 0 Å². The van der Waals surface area contributed by atoms with E-state index in [9.17, 15) is 0 Å². The maximum absolute atomic E-state index is 2.33. The summed E-state index contributed by atoms with van der Waals surface area (Å²) in [6.45, 7) is 8.96. The molecule has 0 aromatic heterocycles. The normalized spacial score (nSPS) is 10.3. The van der Waals surface area contributed by atoms with E-state index in [4.69, 9.17) is 0 Å². The SMILES string of the molecule is C[Si](C)=[Zr+2].Cc1cc2c(-c3ccccc3)ccc(C)c2[cH-]1.[Cl-].[Cl-].c1ccc(-c2cccc3[cH-]c(-c4cccc5ccccc45)cc23)cc1. The molecular weight excluding hydrogens is 719 g/mol. The number of hydrogen-bond donors (Lipinski definition) is 0. The standard InChI is InChI=1S/C25H17.C17H15.C2H6Si.2ClH.Zr/c1-2-8-18(9-3-1)23-14-7-12-20-16-21(17-25(20)23)24-15-6-11-19-10-4-5-13-22(19)24;1-12-10-16-13(2)8-9-15(17(16)11-12)14-6-4-3-5-7-14;1-3-2;;;/h1-17H;3-11H,1-2H3;1-2H3;2*1H;/q2*-1;;;;+2/p-2. The molecule has 0 saturated heterocycles. The first-order valence-corrected chi connectivity index (χ1v) is 22.0. The van der Waals surface area contributed by atoms with Gasteiger partial charge in [-0.05, 0) is 21.9 Å². The predicted molar refractivity (Wildman–Crippen MR) is 200 cm³/mol. The second-order valence-electron chi connectivity index (χ2n) is 12.1. The molecule has 0 fully saturated rings. The largest absolute Gasteiger partial charge is 1.00 e. The van der Waals surface area contributed by atoms with Crippen molar-refractivity contribution in [2.75, 3.05) is 0 Å². The second kappa shape index (κ2) is 17.2. The average Bonchev–Trinajstić information content (AvgIpc) is 3.70. The van der Waals surface area contributed by atoms with E-state index in [1.807, 2.05) is 0 Å². The molecule has 0 bridgehead atoms. The Hall–Kier alpha value is -3.52. The minimum atomic E-state index is 0. The van der Waals surface area contributed by atoms with Crippen molar-refractivity contribution in [3.05, 3.63) is 169 Å². The van der Waals surface area contributed by atoms with Crippen LogP contribution in [0, 0.1) is 13.8 Å².